The molecular formula is C9H11BBrFO3. The molecule has 0 amide bonds. The molecule has 0 aliphatic rings. The lowest BCUT2D eigenvalue weighted by molar-refractivity contribution is 0.231. The molecule has 0 aliphatic heterocycles. The zero-order valence-electron chi connectivity index (χ0n) is 8.37. The van der Waals surface area contributed by atoms with Crippen LogP contribution in [0, 0.1) is 5.82 Å². The SMILES string of the molecule is CC(C)Oc1cc(Br)cc(B(O)O)c1F. The van der Waals surface area contributed by atoms with Crippen molar-refractivity contribution in [2.45, 2.75) is 20.0 Å². The molecule has 0 saturated carbocycles. The summed E-state index contributed by atoms with van der Waals surface area (Å²) in [5.74, 6) is -0.746. The molecule has 1 rings (SSSR count). The first-order valence-corrected chi connectivity index (χ1v) is 5.23. The van der Waals surface area contributed by atoms with Gasteiger partial charge in [-0.25, -0.2) is 4.39 Å². The van der Waals surface area contributed by atoms with Crippen LogP contribution in [0.15, 0.2) is 16.6 Å². The van der Waals surface area contributed by atoms with Gasteiger partial charge in [0.25, 0.3) is 0 Å². The third-order valence-electron chi connectivity index (χ3n) is 1.67. The summed E-state index contributed by atoms with van der Waals surface area (Å²) in [5.41, 5.74) is -0.208. The summed E-state index contributed by atoms with van der Waals surface area (Å²) in [6, 6.07) is 2.74. The summed E-state index contributed by atoms with van der Waals surface area (Å²) in [5, 5.41) is 17.9. The molecule has 0 aromatic heterocycles. The summed E-state index contributed by atoms with van der Waals surface area (Å²) in [4.78, 5) is 0. The van der Waals surface area contributed by atoms with Crippen molar-refractivity contribution in [1.82, 2.24) is 0 Å². The van der Waals surface area contributed by atoms with Gasteiger partial charge in [0, 0.05) is 9.94 Å². The lowest BCUT2D eigenvalue weighted by Crippen LogP contribution is -2.33. The Labute approximate surface area is 96.2 Å². The van der Waals surface area contributed by atoms with Crippen LogP contribution in [-0.2, 0) is 0 Å². The maximum atomic E-state index is 13.6. The van der Waals surface area contributed by atoms with Gasteiger partial charge in [0.2, 0.25) is 0 Å². The van der Waals surface area contributed by atoms with E-state index in [9.17, 15) is 4.39 Å². The molecule has 82 valence electrons. The van der Waals surface area contributed by atoms with Gasteiger partial charge < -0.3 is 14.8 Å². The van der Waals surface area contributed by atoms with Crippen molar-refractivity contribution in [3.05, 3.63) is 22.4 Å². The van der Waals surface area contributed by atoms with E-state index in [2.05, 4.69) is 15.9 Å². The first kappa shape index (κ1) is 12.5. The van der Waals surface area contributed by atoms with Gasteiger partial charge in [-0.05, 0) is 26.0 Å². The average Bonchev–Trinajstić information content (AvgIpc) is 2.09. The molecule has 2 N–H and O–H groups in total. The first-order chi connectivity index (χ1) is 6.91. The number of halogens is 2. The maximum Gasteiger partial charge on any atom is 0.491 e. The highest BCUT2D eigenvalue weighted by Gasteiger charge is 2.21. The minimum atomic E-state index is -1.85. The van der Waals surface area contributed by atoms with Crippen LogP contribution >= 0.6 is 15.9 Å². The van der Waals surface area contributed by atoms with Gasteiger partial charge in [0.15, 0.2) is 11.6 Å². The van der Waals surface area contributed by atoms with E-state index in [0.29, 0.717) is 4.47 Å². The summed E-state index contributed by atoms with van der Waals surface area (Å²) in [7, 11) is -1.85. The number of ether oxygens (including phenoxy) is 1. The van der Waals surface area contributed by atoms with Crippen LogP contribution in [0.1, 0.15) is 13.8 Å². The van der Waals surface area contributed by atoms with Crippen LogP contribution < -0.4 is 10.2 Å². The molecule has 1 aromatic rings. The van der Waals surface area contributed by atoms with E-state index in [1.54, 1.807) is 13.8 Å². The maximum absolute atomic E-state index is 13.6. The summed E-state index contributed by atoms with van der Waals surface area (Å²) < 4.78 is 19.3. The van der Waals surface area contributed by atoms with Gasteiger partial charge in [-0.15, -0.1) is 0 Å². The lowest BCUT2D eigenvalue weighted by atomic mass is 9.80. The van der Waals surface area contributed by atoms with Crippen molar-refractivity contribution in [2.75, 3.05) is 0 Å². The summed E-state index contributed by atoms with van der Waals surface area (Å²) >= 11 is 3.14. The fraction of sp³-hybridized carbons (Fsp3) is 0.333. The molecule has 6 heteroatoms. The first-order valence-electron chi connectivity index (χ1n) is 4.43. The molecule has 0 unspecified atom stereocenters. The largest absolute Gasteiger partial charge is 0.491 e. The van der Waals surface area contributed by atoms with Crippen molar-refractivity contribution in [2.24, 2.45) is 0 Å². The molecule has 0 bridgehead atoms. The van der Waals surface area contributed by atoms with Crippen molar-refractivity contribution < 1.29 is 19.2 Å². The molecule has 0 saturated heterocycles. The molecule has 0 aliphatic carbocycles. The number of rotatable bonds is 3. The highest BCUT2D eigenvalue weighted by atomic mass is 79.9. The zero-order chi connectivity index (χ0) is 11.6. The summed E-state index contributed by atoms with van der Waals surface area (Å²) in [6.45, 7) is 3.52. The minimum absolute atomic E-state index is 0.00229. The molecule has 1 aromatic carbocycles. The average molecular weight is 277 g/mol. The van der Waals surface area contributed by atoms with Crippen molar-refractivity contribution in [3.63, 3.8) is 0 Å². The Bertz CT molecular complexity index is 357. The Balaban J connectivity index is 3.16. The van der Waals surface area contributed by atoms with Gasteiger partial charge in [-0.1, -0.05) is 15.9 Å². The van der Waals surface area contributed by atoms with E-state index >= 15 is 0 Å². The standard InChI is InChI=1S/C9H11BBrFO3/c1-5(2)15-8-4-6(11)3-7(9(8)12)10(13)14/h3-5,13-14H,1-2H3. The van der Waals surface area contributed by atoms with Gasteiger partial charge in [0.1, 0.15) is 0 Å². The second kappa shape index (κ2) is 4.96. The highest BCUT2D eigenvalue weighted by Crippen LogP contribution is 2.22. The topological polar surface area (TPSA) is 49.7 Å². The van der Waals surface area contributed by atoms with Gasteiger partial charge >= 0.3 is 7.12 Å². The fourth-order valence-electron chi connectivity index (χ4n) is 1.11. The van der Waals surface area contributed by atoms with Crippen LogP contribution in [0.4, 0.5) is 4.39 Å². The Morgan fingerprint density at radius 2 is 2.00 bits per heavy atom. The van der Waals surface area contributed by atoms with E-state index in [4.69, 9.17) is 14.8 Å². The number of hydrogen-bond acceptors (Lipinski definition) is 3. The Hall–Kier alpha value is -0.585. The Kier molecular flexibility index (Phi) is 4.13. The zero-order valence-corrected chi connectivity index (χ0v) is 9.95. The lowest BCUT2D eigenvalue weighted by Gasteiger charge is -2.13. The minimum Gasteiger partial charge on any atom is -0.488 e. The van der Waals surface area contributed by atoms with E-state index in [1.807, 2.05) is 0 Å². The predicted octanol–water partition coefficient (Wildman–Crippen LogP) is 1.06. The number of benzene rings is 1. The molecule has 0 atom stereocenters. The third-order valence-corrected chi connectivity index (χ3v) is 2.13. The third kappa shape index (κ3) is 3.19. The van der Waals surface area contributed by atoms with E-state index < -0.39 is 12.9 Å². The van der Waals surface area contributed by atoms with E-state index in [1.165, 1.54) is 12.1 Å². The number of hydrogen-bond donors (Lipinski definition) is 2. The van der Waals surface area contributed by atoms with Crippen LogP contribution in [0.5, 0.6) is 5.75 Å². The molecule has 0 fully saturated rings. The summed E-state index contributed by atoms with van der Waals surface area (Å²) in [6.07, 6.45) is -0.183. The molecule has 0 heterocycles. The highest BCUT2D eigenvalue weighted by molar-refractivity contribution is 9.10. The fourth-order valence-corrected chi connectivity index (χ4v) is 1.57. The van der Waals surface area contributed by atoms with Crippen LogP contribution in [0.3, 0.4) is 0 Å². The van der Waals surface area contributed by atoms with Gasteiger partial charge in [0.05, 0.1) is 6.10 Å². The predicted molar refractivity (Wildman–Crippen MR) is 59.7 cm³/mol. The Morgan fingerprint density at radius 1 is 1.40 bits per heavy atom. The Morgan fingerprint density at radius 3 is 2.47 bits per heavy atom. The smallest absolute Gasteiger partial charge is 0.488 e. The normalized spacial score (nSPS) is 10.6. The second-order valence-electron chi connectivity index (χ2n) is 3.35. The van der Waals surface area contributed by atoms with Gasteiger partial charge in [-0.2, -0.15) is 0 Å². The molecule has 3 nitrogen and oxygen atoms in total. The molecule has 15 heavy (non-hydrogen) atoms. The van der Waals surface area contributed by atoms with Crippen molar-refractivity contribution >= 4 is 28.5 Å². The van der Waals surface area contributed by atoms with Crippen LogP contribution in [0.25, 0.3) is 0 Å². The second-order valence-corrected chi connectivity index (χ2v) is 4.26. The van der Waals surface area contributed by atoms with Gasteiger partial charge in [-0.3, -0.25) is 0 Å². The van der Waals surface area contributed by atoms with Crippen LogP contribution in [0.2, 0.25) is 0 Å². The quantitative estimate of drug-likeness (QED) is 0.812. The monoisotopic (exact) mass is 276 g/mol. The van der Waals surface area contributed by atoms with Crippen LogP contribution in [-0.4, -0.2) is 23.3 Å². The molecule has 0 spiro atoms. The van der Waals surface area contributed by atoms with Crippen molar-refractivity contribution in [1.29, 1.82) is 0 Å². The van der Waals surface area contributed by atoms with Crippen molar-refractivity contribution in [3.8, 4) is 5.75 Å². The van der Waals surface area contributed by atoms with E-state index in [-0.39, 0.29) is 17.3 Å². The van der Waals surface area contributed by atoms with E-state index in [0.717, 1.165) is 0 Å². The molecular weight excluding hydrogens is 266 g/mol. The molecule has 0 radical (unpaired) electrons.